The maximum atomic E-state index is 13.1. The Bertz CT molecular complexity index is 945. The topological polar surface area (TPSA) is 58.1 Å². The fourth-order valence-corrected chi connectivity index (χ4v) is 2.85. The van der Waals surface area contributed by atoms with Gasteiger partial charge in [0, 0.05) is 31.8 Å². The van der Waals surface area contributed by atoms with E-state index in [9.17, 15) is 9.18 Å². The van der Waals surface area contributed by atoms with Crippen LogP contribution in [0.2, 0.25) is 0 Å². The Morgan fingerprint density at radius 2 is 1.79 bits per heavy atom. The molecule has 1 heterocycles. The van der Waals surface area contributed by atoms with Gasteiger partial charge in [-0.2, -0.15) is 0 Å². The van der Waals surface area contributed by atoms with E-state index in [0.717, 1.165) is 24.0 Å². The highest BCUT2D eigenvalue weighted by molar-refractivity contribution is 5.93. The first kappa shape index (κ1) is 20.5. The van der Waals surface area contributed by atoms with E-state index in [0.29, 0.717) is 30.4 Å². The lowest BCUT2D eigenvalue weighted by molar-refractivity contribution is 0.0787. The number of aromatic nitrogens is 2. The van der Waals surface area contributed by atoms with Gasteiger partial charge in [-0.1, -0.05) is 55.8 Å². The van der Waals surface area contributed by atoms with Gasteiger partial charge < -0.3 is 10.2 Å². The molecule has 0 atom stereocenters. The molecule has 0 aliphatic carbocycles. The first-order chi connectivity index (χ1) is 14.1. The second-order valence-corrected chi connectivity index (χ2v) is 6.89. The molecule has 0 spiro atoms. The molecule has 0 bridgehead atoms. The Kier molecular flexibility index (Phi) is 6.89. The molecule has 1 N–H and O–H groups in total. The molecule has 0 aliphatic rings. The Balaban J connectivity index is 1.88. The molecular formula is C23H25FN4O. The van der Waals surface area contributed by atoms with Crippen LogP contribution in [0.3, 0.4) is 0 Å². The van der Waals surface area contributed by atoms with Crippen molar-refractivity contribution in [1.82, 2.24) is 14.9 Å². The summed E-state index contributed by atoms with van der Waals surface area (Å²) in [6.45, 7) is 3.23. The van der Waals surface area contributed by atoms with E-state index < -0.39 is 0 Å². The van der Waals surface area contributed by atoms with E-state index in [1.165, 1.54) is 12.1 Å². The van der Waals surface area contributed by atoms with Gasteiger partial charge in [-0.3, -0.25) is 4.79 Å². The highest BCUT2D eigenvalue weighted by atomic mass is 19.1. The molecule has 29 heavy (non-hydrogen) atoms. The molecule has 3 aromatic rings. The summed E-state index contributed by atoms with van der Waals surface area (Å²) in [5.41, 5.74) is 2.10. The van der Waals surface area contributed by atoms with Gasteiger partial charge >= 0.3 is 0 Å². The average Bonchev–Trinajstić information content (AvgIpc) is 2.77. The Morgan fingerprint density at radius 1 is 1.07 bits per heavy atom. The lowest BCUT2D eigenvalue weighted by Gasteiger charge is -2.17. The van der Waals surface area contributed by atoms with Crippen LogP contribution >= 0.6 is 0 Å². The van der Waals surface area contributed by atoms with Gasteiger partial charge in [0.1, 0.15) is 17.3 Å². The van der Waals surface area contributed by atoms with Crippen LogP contribution in [0.25, 0.3) is 11.4 Å². The normalized spacial score (nSPS) is 10.6. The van der Waals surface area contributed by atoms with Gasteiger partial charge in [0.2, 0.25) is 0 Å². The summed E-state index contributed by atoms with van der Waals surface area (Å²) in [7, 11) is 1.79. The number of halogens is 1. The van der Waals surface area contributed by atoms with E-state index in [1.54, 1.807) is 30.1 Å². The van der Waals surface area contributed by atoms with Crippen molar-refractivity contribution in [1.29, 1.82) is 0 Å². The second-order valence-electron chi connectivity index (χ2n) is 6.89. The van der Waals surface area contributed by atoms with Crippen LogP contribution < -0.4 is 5.32 Å². The third kappa shape index (κ3) is 5.60. The predicted octanol–water partition coefficient (Wildman–Crippen LogP) is 4.77. The third-order valence-electron chi connectivity index (χ3n) is 4.56. The van der Waals surface area contributed by atoms with E-state index >= 15 is 0 Å². The smallest absolute Gasteiger partial charge is 0.272 e. The van der Waals surface area contributed by atoms with Crippen LogP contribution in [0.4, 0.5) is 10.2 Å². The van der Waals surface area contributed by atoms with Gasteiger partial charge in [0.25, 0.3) is 5.91 Å². The summed E-state index contributed by atoms with van der Waals surface area (Å²) in [4.78, 5) is 23.6. The maximum absolute atomic E-state index is 13.1. The molecule has 0 saturated carbocycles. The van der Waals surface area contributed by atoms with Crippen molar-refractivity contribution in [2.24, 2.45) is 0 Å². The molecule has 1 amide bonds. The van der Waals surface area contributed by atoms with Gasteiger partial charge in [-0.25, -0.2) is 14.4 Å². The molecule has 1 aromatic heterocycles. The van der Waals surface area contributed by atoms with Crippen molar-refractivity contribution in [3.8, 4) is 11.4 Å². The number of benzene rings is 2. The standard InChI is InChI=1S/C23H25FN4O/c1-3-4-14-28(2)23(29)20-15-21(25-16-17-10-12-19(24)13-11-17)27-22(26-20)18-8-6-5-7-9-18/h5-13,15H,3-4,14,16H2,1-2H3,(H,25,26,27). The lowest BCUT2D eigenvalue weighted by Crippen LogP contribution is -2.28. The molecule has 0 fully saturated rings. The molecule has 2 aromatic carbocycles. The molecule has 6 heteroatoms. The van der Waals surface area contributed by atoms with Crippen molar-refractivity contribution >= 4 is 11.7 Å². The number of nitrogens with zero attached hydrogens (tertiary/aromatic N) is 3. The quantitative estimate of drug-likeness (QED) is 0.600. The van der Waals surface area contributed by atoms with Crippen molar-refractivity contribution in [2.75, 3.05) is 18.9 Å². The van der Waals surface area contributed by atoms with Gasteiger partial charge in [-0.05, 0) is 24.1 Å². The molecule has 0 saturated heterocycles. The maximum Gasteiger partial charge on any atom is 0.272 e. The number of rotatable bonds is 8. The Morgan fingerprint density at radius 3 is 2.48 bits per heavy atom. The zero-order valence-electron chi connectivity index (χ0n) is 16.7. The highest BCUT2D eigenvalue weighted by Gasteiger charge is 2.16. The molecule has 0 unspecified atom stereocenters. The van der Waals surface area contributed by atoms with Gasteiger partial charge in [0.05, 0.1) is 0 Å². The van der Waals surface area contributed by atoms with Crippen LogP contribution in [0.15, 0.2) is 60.7 Å². The van der Waals surface area contributed by atoms with Crippen LogP contribution in [0.5, 0.6) is 0 Å². The number of anilines is 1. The Labute approximate surface area is 170 Å². The first-order valence-electron chi connectivity index (χ1n) is 9.75. The van der Waals surface area contributed by atoms with Crippen LogP contribution in [0.1, 0.15) is 35.8 Å². The number of carbonyl (C=O) groups is 1. The minimum Gasteiger partial charge on any atom is -0.366 e. The van der Waals surface area contributed by atoms with Crippen molar-refractivity contribution in [3.05, 3.63) is 77.7 Å². The van der Waals surface area contributed by atoms with E-state index in [-0.39, 0.29) is 11.7 Å². The van der Waals surface area contributed by atoms with Gasteiger partial charge in [-0.15, -0.1) is 0 Å². The SMILES string of the molecule is CCCCN(C)C(=O)c1cc(NCc2ccc(F)cc2)nc(-c2ccccc2)n1. The van der Waals surface area contributed by atoms with E-state index in [4.69, 9.17) is 0 Å². The number of amides is 1. The number of unbranched alkanes of at least 4 members (excludes halogenated alkanes) is 1. The van der Waals surface area contributed by atoms with Crippen LogP contribution in [0, 0.1) is 5.82 Å². The summed E-state index contributed by atoms with van der Waals surface area (Å²) < 4.78 is 13.1. The first-order valence-corrected chi connectivity index (χ1v) is 9.75. The van der Waals surface area contributed by atoms with Crippen molar-refractivity contribution in [3.63, 3.8) is 0 Å². The summed E-state index contributed by atoms with van der Waals surface area (Å²) in [5.74, 6) is 0.630. The van der Waals surface area contributed by atoms with Crippen LogP contribution in [-0.4, -0.2) is 34.4 Å². The molecule has 3 rings (SSSR count). The van der Waals surface area contributed by atoms with E-state index in [1.807, 2.05) is 30.3 Å². The number of nitrogens with one attached hydrogen (secondary N) is 1. The van der Waals surface area contributed by atoms with Crippen molar-refractivity contribution in [2.45, 2.75) is 26.3 Å². The Hall–Kier alpha value is -3.28. The summed E-state index contributed by atoms with van der Waals surface area (Å²) in [6, 6.07) is 17.5. The summed E-state index contributed by atoms with van der Waals surface area (Å²) >= 11 is 0. The molecule has 0 aliphatic heterocycles. The molecule has 0 radical (unpaired) electrons. The zero-order chi connectivity index (χ0) is 20.6. The van der Waals surface area contributed by atoms with Gasteiger partial charge in [0.15, 0.2) is 5.82 Å². The average molecular weight is 392 g/mol. The highest BCUT2D eigenvalue weighted by Crippen LogP contribution is 2.19. The number of carbonyl (C=O) groups excluding carboxylic acids is 1. The third-order valence-corrected chi connectivity index (χ3v) is 4.56. The minimum atomic E-state index is -0.273. The lowest BCUT2D eigenvalue weighted by atomic mass is 10.2. The summed E-state index contributed by atoms with van der Waals surface area (Å²) in [6.07, 6.45) is 1.95. The molecule has 150 valence electrons. The monoisotopic (exact) mass is 392 g/mol. The minimum absolute atomic E-state index is 0.136. The fourth-order valence-electron chi connectivity index (χ4n) is 2.85. The van der Waals surface area contributed by atoms with Crippen LogP contribution in [-0.2, 0) is 6.54 Å². The second kappa shape index (κ2) is 9.78. The molecular weight excluding hydrogens is 367 g/mol. The van der Waals surface area contributed by atoms with E-state index in [2.05, 4.69) is 22.2 Å². The fraction of sp³-hybridized carbons (Fsp3) is 0.261. The number of hydrogen-bond acceptors (Lipinski definition) is 4. The van der Waals surface area contributed by atoms with Crippen molar-refractivity contribution < 1.29 is 9.18 Å². The number of hydrogen-bond donors (Lipinski definition) is 1. The molecule has 5 nitrogen and oxygen atoms in total. The predicted molar refractivity (Wildman–Crippen MR) is 113 cm³/mol. The zero-order valence-corrected chi connectivity index (χ0v) is 16.7. The largest absolute Gasteiger partial charge is 0.366 e. The summed E-state index contributed by atoms with van der Waals surface area (Å²) in [5, 5.41) is 3.22.